The van der Waals surface area contributed by atoms with Gasteiger partial charge in [0.2, 0.25) is 0 Å². The predicted molar refractivity (Wildman–Crippen MR) is 49.4 cm³/mol. The van der Waals surface area contributed by atoms with Crippen LogP contribution >= 0.6 is 0 Å². The Hall–Kier alpha value is -1.18. The molecule has 0 aromatic carbocycles. The van der Waals surface area contributed by atoms with E-state index in [4.69, 9.17) is 0 Å². The minimum atomic E-state index is 0.967. The topological polar surface area (TPSA) is 24.7 Å². The Bertz CT molecular complexity index is 244. The Balaban J connectivity index is 2.88. The molecule has 1 rings (SSSR count). The summed E-state index contributed by atoms with van der Waals surface area (Å²) in [7, 11) is 1.78. The normalized spacial score (nSPS) is 23.5. The largest absolute Gasteiger partial charge is 0.286 e. The highest BCUT2D eigenvalue weighted by Crippen LogP contribution is 2.06. The number of rotatable bonds is 1. The number of allylic oxidation sites excluding steroid dienone is 3. The van der Waals surface area contributed by atoms with E-state index in [1.807, 2.05) is 12.2 Å². The Morgan fingerprint density at radius 1 is 1.64 bits per heavy atom. The van der Waals surface area contributed by atoms with Crippen LogP contribution < -0.4 is 0 Å². The predicted octanol–water partition coefficient (Wildman–Crippen LogP) is 1.99. The van der Waals surface area contributed by atoms with Crippen LogP contribution in [0.2, 0.25) is 0 Å². The maximum atomic E-state index is 4.19. The number of hydrogen-bond acceptors (Lipinski definition) is 2. The summed E-state index contributed by atoms with van der Waals surface area (Å²) < 4.78 is 0. The van der Waals surface area contributed by atoms with Gasteiger partial charge in [0.1, 0.15) is 0 Å². The molecule has 0 aromatic heterocycles. The second-order valence-electron chi connectivity index (χ2n) is 2.24. The lowest BCUT2D eigenvalue weighted by molar-refractivity contribution is 1.19. The SMILES string of the molecule is CC/C=C1/N=CC=CC1=NC. The summed E-state index contributed by atoms with van der Waals surface area (Å²) in [6.07, 6.45) is 8.72. The van der Waals surface area contributed by atoms with Crippen molar-refractivity contribution in [1.82, 2.24) is 0 Å². The number of aliphatic imine (C=N–C) groups is 2. The third-order valence-electron chi connectivity index (χ3n) is 1.45. The zero-order valence-corrected chi connectivity index (χ0v) is 6.91. The molecule has 0 saturated heterocycles. The van der Waals surface area contributed by atoms with Gasteiger partial charge in [-0.2, -0.15) is 0 Å². The van der Waals surface area contributed by atoms with Crippen molar-refractivity contribution in [3.63, 3.8) is 0 Å². The molecule has 2 nitrogen and oxygen atoms in total. The van der Waals surface area contributed by atoms with Crippen LogP contribution in [0.5, 0.6) is 0 Å². The van der Waals surface area contributed by atoms with E-state index in [2.05, 4.69) is 23.0 Å². The average molecular weight is 148 g/mol. The van der Waals surface area contributed by atoms with Crippen LogP contribution in [-0.2, 0) is 0 Å². The summed E-state index contributed by atoms with van der Waals surface area (Å²) in [5.74, 6) is 0. The fourth-order valence-corrected chi connectivity index (χ4v) is 0.949. The molecule has 0 spiro atoms. The van der Waals surface area contributed by atoms with Crippen molar-refractivity contribution in [2.24, 2.45) is 9.98 Å². The summed E-state index contributed by atoms with van der Waals surface area (Å²) in [5.41, 5.74) is 1.95. The van der Waals surface area contributed by atoms with E-state index in [1.54, 1.807) is 13.3 Å². The molecule has 1 heterocycles. The molecule has 0 bridgehead atoms. The van der Waals surface area contributed by atoms with Crippen molar-refractivity contribution in [3.8, 4) is 0 Å². The van der Waals surface area contributed by atoms with Crippen LogP contribution in [0.15, 0.2) is 33.9 Å². The Kier molecular flexibility index (Phi) is 2.78. The van der Waals surface area contributed by atoms with Crippen LogP contribution in [0.3, 0.4) is 0 Å². The van der Waals surface area contributed by atoms with Crippen molar-refractivity contribution >= 4 is 11.9 Å². The zero-order valence-electron chi connectivity index (χ0n) is 6.91. The van der Waals surface area contributed by atoms with Gasteiger partial charge >= 0.3 is 0 Å². The third kappa shape index (κ3) is 1.87. The molecule has 0 N–H and O–H groups in total. The minimum absolute atomic E-state index is 0.967. The summed E-state index contributed by atoms with van der Waals surface area (Å²) >= 11 is 0. The first-order chi connectivity index (χ1) is 5.38. The standard InChI is InChI=1S/C9H12N2/c1-3-5-9-8(10-2)6-4-7-11-9/h4-7H,3H2,1-2H3/b9-5+,10-8?. The van der Waals surface area contributed by atoms with E-state index in [0.29, 0.717) is 0 Å². The average Bonchev–Trinajstić information content (AvgIpc) is 2.06. The van der Waals surface area contributed by atoms with Gasteiger partial charge in [0.05, 0.1) is 11.4 Å². The van der Waals surface area contributed by atoms with Gasteiger partial charge in [-0.15, -0.1) is 0 Å². The highest BCUT2D eigenvalue weighted by molar-refractivity contribution is 6.12. The second kappa shape index (κ2) is 3.86. The number of hydrogen-bond donors (Lipinski definition) is 0. The summed E-state index contributed by atoms with van der Waals surface area (Å²) in [6.45, 7) is 2.09. The molecule has 0 radical (unpaired) electrons. The fourth-order valence-electron chi connectivity index (χ4n) is 0.949. The van der Waals surface area contributed by atoms with Gasteiger partial charge in [0.15, 0.2) is 0 Å². The first-order valence-corrected chi connectivity index (χ1v) is 3.76. The number of nitrogens with zero attached hydrogens (tertiary/aromatic N) is 2. The zero-order chi connectivity index (χ0) is 8.10. The van der Waals surface area contributed by atoms with Gasteiger partial charge in [-0.05, 0) is 18.6 Å². The molecular formula is C9H12N2. The van der Waals surface area contributed by atoms with Gasteiger partial charge in [0, 0.05) is 13.3 Å². The molecule has 0 amide bonds. The van der Waals surface area contributed by atoms with Crippen molar-refractivity contribution < 1.29 is 0 Å². The maximum absolute atomic E-state index is 4.19. The van der Waals surface area contributed by atoms with Gasteiger partial charge < -0.3 is 0 Å². The third-order valence-corrected chi connectivity index (χ3v) is 1.45. The van der Waals surface area contributed by atoms with E-state index in [0.717, 1.165) is 17.8 Å². The Morgan fingerprint density at radius 2 is 2.45 bits per heavy atom. The van der Waals surface area contributed by atoms with Gasteiger partial charge in [0.25, 0.3) is 0 Å². The molecule has 0 aromatic rings. The van der Waals surface area contributed by atoms with Gasteiger partial charge in [-0.1, -0.05) is 13.0 Å². The first kappa shape index (κ1) is 7.92. The molecule has 2 heteroatoms. The van der Waals surface area contributed by atoms with E-state index in [1.165, 1.54) is 0 Å². The lowest BCUT2D eigenvalue weighted by Crippen LogP contribution is -2.00. The number of dihydropyridines is 1. The molecule has 58 valence electrons. The highest BCUT2D eigenvalue weighted by Gasteiger charge is 2.01. The lowest BCUT2D eigenvalue weighted by atomic mass is 10.2. The summed E-state index contributed by atoms with van der Waals surface area (Å²) in [6, 6.07) is 0. The minimum Gasteiger partial charge on any atom is -0.286 e. The Labute approximate surface area is 67.1 Å². The van der Waals surface area contributed by atoms with Crippen molar-refractivity contribution in [2.75, 3.05) is 7.05 Å². The molecule has 0 unspecified atom stereocenters. The Morgan fingerprint density at radius 3 is 3.09 bits per heavy atom. The van der Waals surface area contributed by atoms with E-state index in [9.17, 15) is 0 Å². The van der Waals surface area contributed by atoms with Gasteiger partial charge in [-0.25, -0.2) is 0 Å². The van der Waals surface area contributed by atoms with Crippen LogP contribution in [0.4, 0.5) is 0 Å². The van der Waals surface area contributed by atoms with Crippen molar-refractivity contribution in [1.29, 1.82) is 0 Å². The maximum Gasteiger partial charge on any atom is 0.0841 e. The monoisotopic (exact) mass is 148 g/mol. The van der Waals surface area contributed by atoms with Crippen LogP contribution in [0.1, 0.15) is 13.3 Å². The molecule has 0 fully saturated rings. The fraction of sp³-hybridized carbons (Fsp3) is 0.333. The first-order valence-electron chi connectivity index (χ1n) is 3.76. The highest BCUT2D eigenvalue weighted by atomic mass is 14.8. The summed E-state index contributed by atoms with van der Waals surface area (Å²) in [4.78, 5) is 8.29. The molecule has 11 heavy (non-hydrogen) atoms. The van der Waals surface area contributed by atoms with Crippen molar-refractivity contribution in [3.05, 3.63) is 23.9 Å². The molecule has 1 aliphatic heterocycles. The van der Waals surface area contributed by atoms with E-state index >= 15 is 0 Å². The van der Waals surface area contributed by atoms with E-state index in [-0.39, 0.29) is 0 Å². The molecule has 1 aliphatic rings. The molecule has 0 saturated carbocycles. The van der Waals surface area contributed by atoms with Crippen LogP contribution in [0, 0.1) is 0 Å². The second-order valence-corrected chi connectivity index (χ2v) is 2.24. The quantitative estimate of drug-likeness (QED) is 0.543. The molecule has 0 atom stereocenters. The smallest absolute Gasteiger partial charge is 0.0841 e. The summed E-state index contributed by atoms with van der Waals surface area (Å²) in [5, 5.41) is 0. The lowest BCUT2D eigenvalue weighted by Gasteiger charge is -2.03. The van der Waals surface area contributed by atoms with Crippen molar-refractivity contribution in [2.45, 2.75) is 13.3 Å². The van der Waals surface area contributed by atoms with E-state index < -0.39 is 0 Å². The van der Waals surface area contributed by atoms with Gasteiger partial charge in [-0.3, -0.25) is 9.98 Å². The molecule has 0 aliphatic carbocycles. The molecular weight excluding hydrogens is 136 g/mol. The van der Waals surface area contributed by atoms with Crippen LogP contribution in [-0.4, -0.2) is 19.0 Å². The van der Waals surface area contributed by atoms with Crippen LogP contribution in [0.25, 0.3) is 0 Å².